The van der Waals surface area contributed by atoms with E-state index in [9.17, 15) is 0 Å². The van der Waals surface area contributed by atoms with Crippen LogP contribution in [0, 0.1) is 17.8 Å². The van der Waals surface area contributed by atoms with Gasteiger partial charge in [0.2, 0.25) is 0 Å². The number of hydrogen-bond acceptors (Lipinski definition) is 3. The molecule has 0 unspecified atom stereocenters. The fraction of sp³-hybridized carbons (Fsp3) is 1.00. The standard InChI is InChI=1S/C16H30N2O/c1-18(10-11-19-12-13-2-3-13)9-8-17-16(14-4-5-14)15-6-7-15/h13-17H,2-12H2,1H3. The van der Waals surface area contributed by atoms with Crippen LogP contribution in [0.1, 0.15) is 38.5 Å². The SMILES string of the molecule is CN(CCNC(C1CC1)C1CC1)CCOCC1CC1. The fourth-order valence-electron chi connectivity index (χ4n) is 2.92. The van der Waals surface area contributed by atoms with Crippen molar-refractivity contribution in [2.24, 2.45) is 17.8 Å². The third kappa shape index (κ3) is 5.05. The third-order valence-corrected chi connectivity index (χ3v) is 4.80. The van der Waals surface area contributed by atoms with Gasteiger partial charge >= 0.3 is 0 Å². The number of ether oxygens (including phenoxy) is 1. The molecule has 0 aliphatic heterocycles. The molecule has 3 aliphatic rings. The Labute approximate surface area is 118 Å². The van der Waals surface area contributed by atoms with Gasteiger partial charge in [0, 0.05) is 32.3 Å². The predicted molar refractivity (Wildman–Crippen MR) is 78.3 cm³/mol. The molecule has 3 fully saturated rings. The molecule has 19 heavy (non-hydrogen) atoms. The molecule has 0 aromatic rings. The van der Waals surface area contributed by atoms with E-state index in [4.69, 9.17) is 4.74 Å². The molecule has 3 saturated carbocycles. The summed E-state index contributed by atoms with van der Waals surface area (Å²) < 4.78 is 5.69. The van der Waals surface area contributed by atoms with Gasteiger partial charge in [-0.3, -0.25) is 0 Å². The smallest absolute Gasteiger partial charge is 0.0593 e. The summed E-state index contributed by atoms with van der Waals surface area (Å²) in [6.45, 7) is 5.28. The van der Waals surface area contributed by atoms with Gasteiger partial charge in [-0.15, -0.1) is 0 Å². The highest BCUT2D eigenvalue weighted by molar-refractivity contribution is 4.96. The zero-order chi connectivity index (χ0) is 13.1. The quantitative estimate of drug-likeness (QED) is 0.580. The van der Waals surface area contributed by atoms with Crippen LogP contribution in [0.5, 0.6) is 0 Å². The minimum absolute atomic E-state index is 0.847. The Morgan fingerprint density at radius 2 is 1.74 bits per heavy atom. The van der Waals surface area contributed by atoms with Gasteiger partial charge in [0.15, 0.2) is 0 Å². The van der Waals surface area contributed by atoms with Crippen molar-refractivity contribution < 1.29 is 4.74 Å². The number of nitrogens with zero attached hydrogens (tertiary/aromatic N) is 1. The molecule has 0 atom stereocenters. The second-order valence-corrected chi connectivity index (χ2v) is 6.98. The van der Waals surface area contributed by atoms with Crippen molar-refractivity contribution in [3.63, 3.8) is 0 Å². The summed E-state index contributed by atoms with van der Waals surface area (Å²) in [5.74, 6) is 2.92. The Morgan fingerprint density at radius 3 is 2.32 bits per heavy atom. The molecule has 0 bridgehead atoms. The predicted octanol–water partition coefficient (Wildman–Crippen LogP) is 2.12. The summed E-state index contributed by atoms with van der Waals surface area (Å²) >= 11 is 0. The molecule has 3 rings (SSSR count). The first-order valence-electron chi connectivity index (χ1n) is 8.32. The summed E-state index contributed by atoms with van der Waals surface area (Å²) in [6.07, 6.45) is 8.67. The van der Waals surface area contributed by atoms with Crippen LogP contribution < -0.4 is 5.32 Å². The maximum absolute atomic E-state index is 5.69. The number of hydrogen-bond donors (Lipinski definition) is 1. The second kappa shape index (κ2) is 6.55. The Kier molecular flexibility index (Phi) is 4.78. The van der Waals surface area contributed by atoms with Crippen molar-refractivity contribution in [1.82, 2.24) is 10.2 Å². The largest absolute Gasteiger partial charge is 0.380 e. The van der Waals surface area contributed by atoms with E-state index in [1.807, 2.05) is 0 Å². The molecular weight excluding hydrogens is 236 g/mol. The van der Waals surface area contributed by atoms with Gasteiger partial charge in [-0.2, -0.15) is 0 Å². The van der Waals surface area contributed by atoms with Gasteiger partial charge in [-0.1, -0.05) is 0 Å². The monoisotopic (exact) mass is 266 g/mol. The zero-order valence-electron chi connectivity index (χ0n) is 12.4. The summed E-state index contributed by atoms with van der Waals surface area (Å²) in [7, 11) is 2.21. The lowest BCUT2D eigenvalue weighted by Crippen LogP contribution is -2.39. The van der Waals surface area contributed by atoms with Crippen LogP contribution in [0.25, 0.3) is 0 Å². The molecule has 0 spiro atoms. The molecule has 1 N–H and O–H groups in total. The second-order valence-electron chi connectivity index (χ2n) is 6.98. The highest BCUT2D eigenvalue weighted by atomic mass is 16.5. The van der Waals surface area contributed by atoms with E-state index in [-0.39, 0.29) is 0 Å². The van der Waals surface area contributed by atoms with Gasteiger partial charge in [0.1, 0.15) is 0 Å². The van der Waals surface area contributed by atoms with Crippen molar-refractivity contribution in [2.45, 2.75) is 44.6 Å². The molecule has 110 valence electrons. The summed E-state index contributed by atoms with van der Waals surface area (Å²) in [6, 6.07) is 0.847. The van der Waals surface area contributed by atoms with Crippen molar-refractivity contribution >= 4 is 0 Å². The van der Waals surface area contributed by atoms with Crippen LogP contribution in [0.4, 0.5) is 0 Å². The van der Waals surface area contributed by atoms with Crippen LogP contribution in [0.15, 0.2) is 0 Å². The molecule has 0 aromatic heterocycles. The zero-order valence-corrected chi connectivity index (χ0v) is 12.4. The molecule has 0 amide bonds. The Hall–Kier alpha value is -0.120. The summed E-state index contributed by atoms with van der Waals surface area (Å²) in [5.41, 5.74) is 0. The Morgan fingerprint density at radius 1 is 1.05 bits per heavy atom. The molecule has 0 heterocycles. The average Bonchev–Trinajstić information content (AvgIpc) is 3.29. The molecule has 0 radical (unpaired) electrons. The maximum Gasteiger partial charge on any atom is 0.0593 e. The van der Waals surface area contributed by atoms with E-state index >= 15 is 0 Å². The van der Waals surface area contributed by atoms with Crippen LogP contribution >= 0.6 is 0 Å². The normalized spacial score (nSPS) is 23.5. The van der Waals surface area contributed by atoms with Crippen LogP contribution in [0.3, 0.4) is 0 Å². The van der Waals surface area contributed by atoms with Gasteiger partial charge in [-0.05, 0) is 63.3 Å². The number of nitrogens with one attached hydrogen (secondary N) is 1. The average molecular weight is 266 g/mol. The molecule has 0 saturated heterocycles. The lowest BCUT2D eigenvalue weighted by molar-refractivity contribution is 0.103. The van der Waals surface area contributed by atoms with Crippen molar-refractivity contribution in [3.05, 3.63) is 0 Å². The van der Waals surface area contributed by atoms with E-state index in [2.05, 4.69) is 17.3 Å². The molecular formula is C16H30N2O. The minimum atomic E-state index is 0.847. The first-order chi connectivity index (χ1) is 9.33. The lowest BCUT2D eigenvalue weighted by Gasteiger charge is -2.21. The molecule has 3 nitrogen and oxygen atoms in total. The first kappa shape index (κ1) is 13.8. The van der Waals surface area contributed by atoms with Crippen molar-refractivity contribution in [2.75, 3.05) is 39.9 Å². The summed E-state index contributed by atoms with van der Waals surface area (Å²) in [4.78, 5) is 2.40. The van der Waals surface area contributed by atoms with Crippen LogP contribution in [-0.2, 0) is 4.74 Å². The summed E-state index contributed by atoms with van der Waals surface area (Å²) in [5, 5.41) is 3.81. The van der Waals surface area contributed by atoms with Gasteiger partial charge in [-0.25, -0.2) is 0 Å². The Bertz CT molecular complexity index is 260. The highest BCUT2D eigenvalue weighted by Crippen LogP contribution is 2.44. The number of likely N-dealkylation sites (N-methyl/N-ethyl adjacent to an activating group) is 1. The minimum Gasteiger partial charge on any atom is -0.380 e. The van der Waals surface area contributed by atoms with Gasteiger partial charge in [0.05, 0.1) is 6.61 Å². The van der Waals surface area contributed by atoms with E-state index in [1.54, 1.807) is 0 Å². The maximum atomic E-state index is 5.69. The Balaban J connectivity index is 1.20. The van der Waals surface area contributed by atoms with Crippen LogP contribution in [-0.4, -0.2) is 50.8 Å². The molecule has 3 aliphatic carbocycles. The van der Waals surface area contributed by atoms with Gasteiger partial charge in [0.25, 0.3) is 0 Å². The highest BCUT2D eigenvalue weighted by Gasteiger charge is 2.40. The topological polar surface area (TPSA) is 24.5 Å². The molecule has 3 heteroatoms. The van der Waals surface area contributed by atoms with Crippen molar-refractivity contribution in [3.8, 4) is 0 Å². The van der Waals surface area contributed by atoms with Gasteiger partial charge < -0.3 is 15.0 Å². The number of rotatable bonds is 11. The van der Waals surface area contributed by atoms with E-state index in [1.165, 1.54) is 38.5 Å². The van der Waals surface area contributed by atoms with E-state index in [0.717, 1.165) is 56.6 Å². The molecule has 0 aromatic carbocycles. The van der Waals surface area contributed by atoms with E-state index in [0.29, 0.717) is 0 Å². The first-order valence-corrected chi connectivity index (χ1v) is 8.32. The fourth-order valence-corrected chi connectivity index (χ4v) is 2.92. The van der Waals surface area contributed by atoms with E-state index < -0.39 is 0 Å². The lowest BCUT2D eigenvalue weighted by atomic mass is 10.1. The van der Waals surface area contributed by atoms with Crippen LogP contribution in [0.2, 0.25) is 0 Å². The third-order valence-electron chi connectivity index (χ3n) is 4.80. The van der Waals surface area contributed by atoms with Crippen molar-refractivity contribution in [1.29, 1.82) is 0 Å².